The largest absolute Gasteiger partial charge is 0.508 e. The molecule has 3 aromatic carbocycles. The lowest BCUT2D eigenvalue weighted by atomic mass is 9.77. The van der Waals surface area contributed by atoms with Crippen LogP contribution in [0.3, 0.4) is 0 Å². The summed E-state index contributed by atoms with van der Waals surface area (Å²) in [6.07, 6.45) is 0. The van der Waals surface area contributed by atoms with E-state index in [0.29, 0.717) is 39.4 Å². The number of esters is 1. The highest BCUT2D eigenvalue weighted by atomic mass is 32.1. The third-order valence-corrected chi connectivity index (χ3v) is 5.26. The second-order valence-corrected chi connectivity index (χ2v) is 7.85. The van der Waals surface area contributed by atoms with Gasteiger partial charge in [-0.15, -0.1) is 12.6 Å². The molecule has 0 aliphatic carbocycles. The number of nitrogens with one attached hydrogen (secondary N) is 1. The standard InChI is InChI=1S/C21H13NO5S2/c23-10-4-6-12-16(8-10)26-17-9-11(24)5-7-13(17)21(12)14-2-1-3-15(22-20(28)29)18(14)19(25)27-21/h1-9,23-24H,(H2,22,28,29). The number of hydrogen-bond donors (Lipinski definition) is 4. The van der Waals surface area contributed by atoms with Gasteiger partial charge in [0.05, 0.1) is 11.3 Å². The van der Waals surface area contributed by atoms with Crippen LogP contribution in [0, 0.1) is 0 Å². The number of thiol groups is 1. The molecule has 0 bridgehead atoms. The normalized spacial score (nSPS) is 15.0. The lowest BCUT2D eigenvalue weighted by Crippen LogP contribution is -2.32. The summed E-state index contributed by atoms with van der Waals surface area (Å²) < 4.78 is 12.2. The molecule has 29 heavy (non-hydrogen) atoms. The summed E-state index contributed by atoms with van der Waals surface area (Å²) in [6, 6.07) is 14.5. The Bertz CT molecular complexity index is 1170. The molecule has 1 spiro atoms. The highest BCUT2D eigenvalue weighted by molar-refractivity contribution is 8.11. The van der Waals surface area contributed by atoms with E-state index in [4.69, 9.17) is 21.7 Å². The molecule has 0 saturated heterocycles. The Balaban J connectivity index is 1.86. The van der Waals surface area contributed by atoms with Crippen LogP contribution < -0.4 is 10.1 Å². The van der Waals surface area contributed by atoms with Crippen molar-refractivity contribution in [2.24, 2.45) is 0 Å². The number of aromatic hydroxyl groups is 2. The zero-order valence-electron chi connectivity index (χ0n) is 14.7. The minimum absolute atomic E-state index is 0.00268. The lowest BCUT2D eigenvalue weighted by molar-refractivity contribution is 0.0224. The summed E-state index contributed by atoms with van der Waals surface area (Å²) >= 11 is 9.12. The van der Waals surface area contributed by atoms with Crippen LogP contribution in [0.15, 0.2) is 54.6 Å². The molecule has 0 aromatic heterocycles. The average Bonchev–Trinajstić information content (AvgIpc) is 2.95. The fourth-order valence-electron chi connectivity index (χ4n) is 3.97. The van der Waals surface area contributed by atoms with Gasteiger partial charge < -0.3 is 25.0 Å². The predicted octanol–water partition coefficient (Wildman–Crippen LogP) is 4.29. The molecule has 3 N–H and O–H groups in total. The number of benzene rings is 3. The van der Waals surface area contributed by atoms with Crippen molar-refractivity contribution in [2.45, 2.75) is 5.60 Å². The van der Waals surface area contributed by atoms with Gasteiger partial charge in [0.25, 0.3) is 0 Å². The van der Waals surface area contributed by atoms with Crippen molar-refractivity contribution in [3.63, 3.8) is 0 Å². The molecule has 5 rings (SSSR count). The van der Waals surface area contributed by atoms with Crippen LogP contribution in [0.1, 0.15) is 27.0 Å². The number of anilines is 1. The number of hydrogen-bond acceptors (Lipinski definition) is 6. The zero-order chi connectivity index (χ0) is 20.3. The Morgan fingerprint density at radius 3 is 2.17 bits per heavy atom. The van der Waals surface area contributed by atoms with E-state index >= 15 is 0 Å². The fourth-order valence-corrected chi connectivity index (χ4v) is 4.20. The fraction of sp³-hybridized carbons (Fsp3) is 0.0476. The van der Waals surface area contributed by atoms with Crippen molar-refractivity contribution in [3.05, 3.63) is 76.9 Å². The van der Waals surface area contributed by atoms with Crippen LogP contribution in [0.4, 0.5) is 5.69 Å². The van der Waals surface area contributed by atoms with Crippen molar-refractivity contribution >= 4 is 40.8 Å². The average molecular weight is 423 g/mol. The van der Waals surface area contributed by atoms with E-state index in [1.807, 2.05) is 0 Å². The molecule has 0 radical (unpaired) electrons. The monoisotopic (exact) mass is 423 g/mol. The van der Waals surface area contributed by atoms with E-state index in [1.165, 1.54) is 24.3 Å². The first-order valence-corrected chi connectivity index (χ1v) is 9.47. The number of thiocarbonyl (C=S) groups is 1. The molecule has 2 aliphatic rings. The molecule has 0 amide bonds. The molecule has 8 heteroatoms. The van der Waals surface area contributed by atoms with Crippen LogP contribution in [-0.4, -0.2) is 20.5 Å². The van der Waals surface area contributed by atoms with Crippen LogP contribution in [0.25, 0.3) is 0 Å². The molecule has 3 aromatic rings. The van der Waals surface area contributed by atoms with E-state index in [2.05, 4.69) is 17.9 Å². The van der Waals surface area contributed by atoms with Gasteiger partial charge in [0, 0.05) is 28.8 Å². The second-order valence-electron chi connectivity index (χ2n) is 6.69. The molecule has 6 nitrogen and oxygen atoms in total. The number of rotatable bonds is 1. The number of fused-ring (bicyclic) bond motifs is 6. The molecule has 0 atom stereocenters. The molecular formula is C21H13NO5S2. The van der Waals surface area contributed by atoms with Crippen LogP contribution in [0.2, 0.25) is 0 Å². The SMILES string of the molecule is O=C1OC2(c3ccc(O)cc3Oc3cc(O)ccc32)c2cccc(NC(=S)S)c21. The molecule has 2 aliphatic heterocycles. The maximum atomic E-state index is 13.0. The number of ether oxygens (including phenoxy) is 2. The van der Waals surface area contributed by atoms with E-state index in [9.17, 15) is 15.0 Å². The van der Waals surface area contributed by atoms with E-state index in [-0.39, 0.29) is 15.8 Å². The number of phenols is 2. The summed E-state index contributed by atoms with van der Waals surface area (Å²) in [7, 11) is 0. The van der Waals surface area contributed by atoms with Gasteiger partial charge in [0.15, 0.2) is 5.60 Å². The molecule has 0 saturated carbocycles. The first-order chi connectivity index (χ1) is 13.9. The third kappa shape index (κ3) is 2.49. The number of carbonyl (C=O) groups excluding carboxylic acids is 1. The highest BCUT2D eigenvalue weighted by Crippen LogP contribution is 2.57. The van der Waals surface area contributed by atoms with Gasteiger partial charge in [0.2, 0.25) is 0 Å². The minimum atomic E-state index is -1.30. The molecule has 2 heterocycles. The van der Waals surface area contributed by atoms with Crippen molar-refractivity contribution < 1.29 is 24.5 Å². The van der Waals surface area contributed by atoms with Gasteiger partial charge in [-0.05, 0) is 30.3 Å². The first kappa shape index (κ1) is 17.8. The van der Waals surface area contributed by atoms with Gasteiger partial charge in [-0.25, -0.2) is 4.79 Å². The van der Waals surface area contributed by atoms with Gasteiger partial charge in [0.1, 0.15) is 27.3 Å². The van der Waals surface area contributed by atoms with Gasteiger partial charge in [-0.1, -0.05) is 24.4 Å². The lowest BCUT2D eigenvalue weighted by Gasteiger charge is -2.36. The Hall–Kier alpha value is -3.23. The maximum Gasteiger partial charge on any atom is 0.342 e. The van der Waals surface area contributed by atoms with Crippen LogP contribution in [-0.2, 0) is 10.3 Å². The van der Waals surface area contributed by atoms with Crippen LogP contribution in [0.5, 0.6) is 23.0 Å². The highest BCUT2D eigenvalue weighted by Gasteiger charge is 2.54. The van der Waals surface area contributed by atoms with Crippen molar-refractivity contribution in [1.29, 1.82) is 0 Å². The van der Waals surface area contributed by atoms with Crippen molar-refractivity contribution in [3.8, 4) is 23.0 Å². The topological polar surface area (TPSA) is 88.0 Å². The van der Waals surface area contributed by atoms with Crippen LogP contribution >= 0.6 is 24.8 Å². The number of carbonyl (C=O) groups is 1. The van der Waals surface area contributed by atoms with Crippen molar-refractivity contribution in [2.75, 3.05) is 5.32 Å². The van der Waals surface area contributed by atoms with Gasteiger partial charge in [-0.2, -0.15) is 0 Å². The van der Waals surface area contributed by atoms with Gasteiger partial charge in [-0.3, -0.25) is 0 Å². The van der Waals surface area contributed by atoms with E-state index in [0.717, 1.165) is 0 Å². The Morgan fingerprint density at radius 2 is 1.59 bits per heavy atom. The smallest absolute Gasteiger partial charge is 0.342 e. The van der Waals surface area contributed by atoms with Gasteiger partial charge >= 0.3 is 5.97 Å². The Kier molecular flexibility index (Phi) is 3.77. The molecule has 144 valence electrons. The maximum absolute atomic E-state index is 13.0. The summed E-state index contributed by atoms with van der Waals surface area (Å²) in [6.45, 7) is 0. The summed E-state index contributed by atoms with van der Waals surface area (Å²) in [5.41, 5.74) is 1.24. The Labute approximate surface area is 176 Å². The Morgan fingerprint density at radius 1 is 0.966 bits per heavy atom. The third-order valence-electron chi connectivity index (χ3n) is 5.04. The first-order valence-electron chi connectivity index (χ1n) is 8.62. The number of phenolic OH excluding ortho intramolecular Hbond substituents is 2. The minimum Gasteiger partial charge on any atom is -0.508 e. The molecular weight excluding hydrogens is 410 g/mol. The van der Waals surface area contributed by atoms with E-state index in [1.54, 1.807) is 30.3 Å². The second kappa shape index (κ2) is 6.13. The summed E-state index contributed by atoms with van der Waals surface area (Å²) in [5, 5.41) is 22.8. The molecule has 0 unspecified atom stereocenters. The quantitative estimate of drug-likeness (QED) is 0.264. The predicted molar refractivity (Wildman–Crippen MR) is 113 cm³/mol. The van der Waals surface area contributed by atoms with E-state index < -0.39 is 11.6 Å². The molecule has 0 fully saturated rings. The summed E-state index contributed by atoms with van der Waals surface area (Å²) in [4.78, 5) is 13.0. The zero-order valence-corrected chi connectivity index (χ0v) is 16.4. The summed E-state index contributed by atoms with van der Waals surface area (Å²) in [5.74, 6) is 0.122. The van der Waals surface area contributed by atoms with Crippen molar-refractivity contribution in [1.82, 2.24) is 0 Å².